The Morgan fingerprint density at radius 3 is 2.43 bits per heavy atom. The maximum atomic E-state index is 11.5. The van der Waals surface area contributed by atoms with Gasteiger partial charge in [-0.1, -0.05) is 0 Å². The van der Waals surface area contributed by atoms with Gasteiger partial charge in [0.05, 0.1) is 6.67 Å². The molecule has 2 N–H and O–H groups in total. The molecule has 0 aliphatic carbocycles. The van der Waals surface area contributed by atoms with Gasteiger partial charge in [0.1, 0.15) is 0 Å². The molecule has 2 amide bonds. The molecular weight excluding hydrogens is 182 g/mol. The fourth-order valence-corrected chi connectivity index (χ4v) is 1.22. The van der Waals surface area contributed by atoms with E-state index in [0.717, 1.165) is 6.54 Å². The van der Waals surface area contributed by atoms with Crippen molar-refractivity contribution in [2.24, 2.45) is 0 Å². The molecule has 0 unspecified atom stereocenters. The van der Waals surface area contributed by atoms with Crippen LogP contribution in [0.3, 0.4) is 0 Å². The molecule has 0 aromatic heterocycles. The van der Waals surface area contributed by atoms with Crippen molar-refractivity contribution in [3.63, 3.8) is 0 Å². The molecule has 80 valence electrons. The molecule has 1 fully saturated rings. The molecule has 1 saturated heterocycles. The van der Waals surface area contributed by atoms with E-state index in [9.17, 15) is 9.59 Å². The van der Waals surface area contributed by atoms with Crippen molar-refractivity contribution in [1.29, 1.82) is 0 Å². The first kappa shape index (κ1) is 11.0. The number of carbonyl (C=O) groups is 2. The van der Waals surface area contributed by atoms with Crippen LogP contribution in [0.25, 0.3) is 0 Å². The number of amides is 2. The van der Waals surface area contributed by atoms with Gasteiger partial charge in [0.2, 0.25) is 0 Å². The van der Waals surface area contributed by atoms with Crippen LogP contribution in [0.1, 0.15) is 20.8 Å². The third-order valence-corrected chi connectivity index (χ3v) is 1.83. The Balaban J connectivity index is 2.48. The van der Waals surface area contributed by atoms with Crippen LogP contribution >= 0.6 is 0 Å². The number of hydrogen-bond acceptors (Lipinski definition) is 3. The van der Waals surface area contributed by atoms with Gasteiger partial charge in [-0.05, 0) is 20.8 Å². The highest BCUT2D eigenvalue weighted by Crippen LogP contribution is 2.00. The van der Waals surface area contributed by atoms with Crippen molar-refractivity contribution in [2.75, 3.05) is 19.8 Å². The lowest BCUT2D eigenvalue weighted by Crippen LogP contribution is -2.49. The van der Waals surface area contributed by atoms with E-state index in [4.69, 9.17) is 0 Å². The van der Waals surface area contributed by atoms with Crippen LogP contribution in [0.5, 0.6) is 0 Å². The van der Waals surface area contributed by atoms with E-state index in [1.165, 1.54) is 4.90 Å². The molecule has 5 nitrogen and oxygen atoms in total. The lowest BCUT2D eigenvalue weighted by Gasteiger charge is -2.22. The minimum absolute atomic E-state index is 0.361. The Labute approximate surface area is 83.8 Å². The Kier molecular flexibility index (Phi) is 3.10. The van der Waals surface area contributed by atoms with Gasteiger partial charge in [-0.3, -0.25) is 14.9 Å². The summed E-state index contributed by atoms with van der Waals surface area (Å²) in [6, 6.07) is 0. The van der Waals surface area contributed by atoms with Crippen molar-refractivity contribution >= 4 is 11.8 Å². The van der Waals surface area contributed by atoms with Gasteiger partial charge in [-0.15, -0.1) is 0 Å². The Morgan fingerprint density at radius 1 is 1.36 bits per heavy atom. The predicted octanol–water partition coefficient (Wildman–Crippen LogP) is -0.710. The Hall–Kier alpha value is -1.10. The molecule has 1 heterocycles. The molecule has 5 heteroatoms. The lowest BCUT2D eigenvalue weighted by atomic mass is 10.1. The summed E-state index contributed by atoms with van der Waals surface area (Å²) < 4.78 is 0. The highest BCUT2D eigenvalue weighted by Gasteiger charge is 2.26. The SMILES string of the molecule is CC(C)(C)NC(=O)C(=O)N1CCNC1. The first-order valence-electron chi connectivity index (χ1n) is 4.72. The monoisotopic (exact) mass is 199 g/mol. The molecule has 1 aliphatic rings. The highest BCUT2D eigenvalue weighted by atomic mass is 16.2. The summed E-state index contributed by atoms with van der Waals surface area (Å²) in [6.07, 6.45) is 0. The smallest absolute Gasteiger partial charge is 0.312 e. The first-order valence-corrected chi connectivity index (χ1v) is 4.72. The van der Waals surface area contributed by atoms with Crippen molar-refractivity contribution < 1.29 is 9.59 Å². The minimum Gasteiger partial charge on any atom is -0.343 e. The summed E-state index contributed by atoms with van der Waals surface area (Å²) >= 11 is 0. The first-order chi connectivity index (χ1) is 6.40. The van der Waals surface area contributed by atoms with Gasteiger partial charge in [-0.25, -0.2) is 0 Å². The average Bonchev–Trinajstić information content (AvgIpc) is 2.51. The van der Waals surface area contributed by atoms with Crippen LogP contribution < -0.4 is 10.6 Å². The van der Waals surface area contributed by atoms with E-state index in [0.29, 0.717) is 13.2 Å². The quantitative estimate of drug-likeness (QED) is 0.507. The number of nitrogens with one attached hydrogen (secondary N) is 2. The minimum atomic E-state index is -0.527. The zero-order valence-electron chi connectivity index (χ0n) is 8.89. The topological polar surface area (TPSA) is 61.4 Å². The van der Waals surface area contributed by atoms with Gasteiger partial charge in [-0.2, -0.15) is 0 Å². The molecule has 0 radical (unpaired) electrons. The number of hydrogen-bond donors (Lipinski definition) is 2. The molecule has 0 bridgehead atoms. The van der Waals surface area contributed by atoms with Gasteiger partial charge < -0.3 is 10.2 Å². The molecule has 0 spiro atoms. The van der Waals surface area contributed by atoms with Crippen LogP contribution in [0.4, 0.5) is 0 Å². The van der Waals surface area contributed by atoms with E-state index in [1.54, 1.807) is 0 Å². The molecule has 1 aliphatic heterocycles. The molecule has 0 aromatic carbocycles. The van der Waals surface area contributed by atoms with Gasteiger partial charge in [0.25, 0.3) is 0 Å². The fraction of sp³-hybridized carbons (Fsp3) is 0.778. The second kappa shape index (κ2) is 3.96. The summed E-state index contributed by atoms with van der Waals surface area (Å²) in [5.74, 6) is -0.980. The Morgan fingerprint density at radius 2 is 2.00 bits per heavy atom. The zero-order valence-corrected chi connectivity index (χ0v) is 8.89. The summed E-state index contributed by atoms with van der Waals surface area (Å²) in [5, 5.41) is 5.63. The van der Waals surface area contributed by atoms with Crippen molar-refractivity contribution in [2.45, 2.75) is 26.3 Å². The third-order valence-electron chi connectivity index (χ3n) is 1.83. The number of nitrogens with zero attached hydrogens (tertiary/aromatic N) is 1. The second-order valence-electron chi connectivity index (χ2n) is 4.43. The zero-order chi connectivity index (χ0) is 10.8. The van der Waals surface area contributed by atoms with Crippen molar-refractivity contribution in [3.8, 4) is 0 Å². The molecule has 0 aromatic rings. The summed E-state index contributed by atoms with van der Waals surface area (Å²) in [4.78, 5) is 24.4. The average molecular weight is 199 g/mol. The summed E-state index contributed by atoms with van der Waals surface area (Å²) in [6.45, 7) is 7.38. The van der Waals surface area contributed by atoms with Gasteiger partial charge in [0.15, 0.2) is 0 Å². The van der Waals surface area contributed by atoms with Crippen molar-refractivity contribution in [3.05, 3.63) is 0 Å². The second-order valence-corrected chi connectivity index (χ2v) is 4.43. The molecule has 0 saturated carbocycles. The maximum absolute atomic E-state index is 11.5. The van der Waals surface area contributed by atoms with Crippen LogP contribution in [0, 0.1) is 0 Å². The van der Waals surface area contributed by atoms with E-state index >= 15 is 0 Å². The van der Waals surface area contributed by atoms with Crippen LogP contribution in [0.15, 0.2) is 0 Å². The normalized spacial score (nSPS) is 16.9. The van der Waals surface area contributed by atoms with Gasteiger partial charge >= 0.3 is 11.8 Å². The Bertz CT molecular complexity index is 239. The molecular formula is C9H17N3O2. The van der Waals surface area contributed by atoms with E-state index in [-0.39, 0.29) is 5.54 Å². The lowest BCUT2D eigenvalue weighted by molar-refractivity contribution is -0.146. The van der Waals surface area contributed by atoms with Crippen molar-refractivity contribution in [1.82, 2.24) is 15.5 Å². The number of rotatable bonds is 0. The van der Waals surface area contributed by atoms with Crippen LogP contribution in [0.2, 0.25) is 0 Å². The standard InChI is InChI=1S/C9H17N3O2/c1-9(2,3)11-7(13)8(14)12-5-4-10-6-12/h10H,4-6H2,1-3H3,(H,11,13). The maximum Gasteiger partial charge on any atom is 0.312 e. The predicted molar refractivity (Wildman–Crippen MR) is 52.5 cm³/mol. The summed E-state index contributed by atoms with van der Waals surface area (Å²) in [7, 11) is 0. The molecule has 0 atom stereocenters. The van der Waals surface area contributed by atoms with Gasteiger partial charge in [0, 0.05) is 18.6 Å². The molecule has 1 rings (SSSR count). The van der Waals surface area contributed by atoms with E-state index in [1.807, 2.05) is 20.8 Å². The van der Waals surface area contributed by atoms with E-state index in [2.05, 4.69) is 10.6 Å². The summed E-state index contributed by atoms with van der Waals surface area (Å²) in [5.41, 5.74) is -0.361. The molecule has 14 heavy (non-hydrogen) atoms. The highest BCUT2D eigenvalue weighted by molar-refractivity contribution is 6.35. The fourth-order valence-electron chi connectivity index (χ4n) is 1.22. The van der Waals surface area contributed by atoms with Crippen LogP contribution in [-0.4, -0.2) is 42.0 Å². The number of carbonyl (C=O) groups excluding carboxylic acids is 2. The van der Waals surface area contributed by atoms with E-state index < -0.39 is 11.8 Å². The van der Waals surface area contributed by atoms with Crippen LogP contribution in [-0.2, 0) is 9.59 Å². The third kappa shape index (κ3) is 2.99. The largest absolute Gasteiger partial charge is 0.343 e.